The highest BCUT2D eigenvalue weighted by atomic mass is 16.5. The Kier molecular flexibility index (Phi) is 8.35. The number of aliphatic imine (C=N–C) groups is 1. The molecule has 1 fully saturated rings. The summed E-state index contributed by atoms with van der Waals surface area (Å²) in [5.74, 6) is 1.76. The fourth-order valence-electron chi connectivity index (χ4n) is 4.21. The molecule has 3 rings (SSSR count). The molecule has 0 atom stereocenters. The molecule has 0 saturated carbocycles. The number of benzene rings is 1. The van der Waals surface area contributed by atoms with Gasteiger partial charge in [-0.25, -0.2) is 0 Å². The van der Waals surface area contributed by atoms with Crippen LogP contribution in [0, 0.1) is 13.8 Å². The zero-order valence-electron chi connectivity index (χ0n) is 19.4. The van der Waals surface area contributed by atoms with Crippen molar-refractivity contribution in [3.8, 4) is 5.75 Å². The van der Waals surface area contributed by atoms with Crippen molar-refractivity contribution in [2.24, 2.45) is 4.99 Å². The van der Waals surface area contributed by atoms with Gasteiger partial charge < -0.3 is 20.1 Å². The van der Waals surface area contributed by atoms with Crippen molar-refractivity contribution in [2.75, 3.05) is 40.0 Å². The average Bonchev–Trinajstić information content (AvgIpc) is 3.11. The SMILES string of the molecule is CCOc1ccc(C2(CNC(=NC)NCCCn3nc(C)cc3C)CCOCC2)cc1. The van der Waals surface area contributed by atoms with Crippen LogP contribution in [0.2, 0.25) is 0 Å². The summed E-state index contributed by atoms with van der Waals surface area (Å²) in [5, 5.41) is 11.5. The van der Waals surface area contributed by atoms with Crippen LogP contribution < -0.4 is 15.4 Å². The van der Waals surface area contributed by atoms with Gasteiger partial charge in [0.1, 0.15) is 5.75 Å². The molecule has 1 saturated heterocycles. The molecule has 0 radical (unpaired) electrons. The first-order valence-corrected chi connectivity index (χ1v) is 11.3. The first-order chi connectivity index (χ1) is 15.1. The first-order valence-electron chi connectivity index (χ1n) is 11.3. The predicted molar refractivity (Wildman–Crippen MR) is 125 cm³/mol. The van der Waals surface area contributed by atoms with Gasteiger partial charge in [-0.3, -0.25) is 9.67 Å². The fourth-order valence-corrected chi connectivity index (χ4v) is 4.21. The van der Waals surface area contributed by atoms with E-state index in [1.807, 2.05) is 20.9 Å². The van der Waals surface area contributed by atoms with Gasteiger partial charge in [-0.15, -0.1) is 0 Å². The average molecular weight is 428 g/mol. The third kappa shape index (κ3) is 6.23. The number of hydrogen-bond acceptors (Lipinski definition) is 4. The van der Waals surface area contributed by atoms with E-state index in [4.69, 9.17) is 9.47 Å². The van der Waals surface area contributed by atoms with E-state index in [2.05, 4.69) is 62.7 Å². The largest absolute Gasteiger partial charge is 0.494 e. The molecule has 2 aromatic rings. The van der Waals surface area contributed by atoms with Crippen molar-refractivity contribution >= 4 is 5.96 Å². The Morgan fingerprint density at radius 1 is 1.19 bits per heavy atom. The number of rotatable bonds is 9. The van der Waals surface area contributed by atoms with Crippen molar-refractivity contribution in [3.63, 3.8) is 0 Å². The van der Waals surface area contributed by atoms with E-state index in [0.29, 0.717) is 6.61 Å². The minimum absolute atomic E-state index is 0.0321. The summed E-state index contributed by atoms with van der Waals surface area (Å²) < 4.78 is 13.4. The van der Waals surface area contributed by atoms with E-state index in [1.54, 1.807) is 0 Å². The predicted octanol–water partition coefficient (Wildman–Crippen LogP) is 3.20. The van der Waals surface area contributed by atoms with Crippen molar-refractivity contribution < 1.29 is 9.47 Å². The molecule has 0 bridgehead atoms. The van der Waals surface area contributed by atoms with E-state index in [-0.39, 0.29) is 5.41 Å². The van der Waals surface area contributed by atoms with Gasteiger partial charge in [-0.1, -0.05) is 12.1 Å². The van der Waals surface area contributed by atoms with E-state index < -0.39 is 0 Å². The van der Waals surface area contributed by atoms with Gasteiger partial charge in [0.25, 0.3) is 0 Å². The second-order valence-electron chi connectivity index (χ2n) is 8.21. The minimum Gasteiger partial charge on any atom is -0.494 e. The minimum atomic E-state index is 0.0321. The summed E-state index contributed by atoms with van der Waals surface area (Å²) in [6.45, 7) is 10.9. The van der Waals surface area contributed by atoms with E-state index in [0.717, 1.165) is 69.5 Å². The van der Waals surface area contributed by atoms with Gasteiger partial charge in [0, 0.05) is 51.0 Å². The number of aryl methyl sites for hydroxylation is 3. The Balaban J connectivity index is 1.55. The smallest absolute Gasteiger partial charge is 0.191 e. The molecule has 0 spiro atoms. The molecular formula is C24H37N5O2. The molecule has 170 valence electrons. The molecule has 1 aromatic carbocycles. The summed E-state index contributed by atoms with van der Waals surface area (Å²) in [7, 11) is 1.82. The van der Waals surface area contributed by atoms with Gasteiger partial charge >= 0.3 is 0 Å². The zero-order chi connectivity index (χ0) is 22.1. The Labute approximate surface area is 186 Å². The molecular weight excluding hydrogens is 390 g/mol. The lowest BCUT2D eigenvalue weighted by molar-refractivity contribution is 0.0513. The fraction of sp³-hybridized carbons (Fsp3) is 0.583. The van der Waals surface area contributed by atoms with E-state index in [9.17, 15) is 0 Å². The van der Waals surface area contributed by atoms with Crippen molar-refractivity contribution in [1.29, 1.82) is 0 Å². The number of hydrogen-bond donors (Lipinski definition) is 2. The lowest BCUT2D eigenvalue weighted by Gasteiger charge is -2.38. The molecule has 2 heterocycles. The van der Waals surface area contributed by atoms with Crippen molar-refractivity contribution in [3.05, 3.63) is 47.3 Å². The van der Waals surface area contributed by atoms with Crippen LogP contribution in [0.5, 0.6) is 5.75 Å². The van der Waals surface area contributed by atoms with E-state index in [1.165, 1.54) is 11.3 Å². The van der Waals surface area contributed by atoms with Crippen LogP contribution >= 0.6 is 0 Å². The lowest BCUT2D eigenvalue weighted by atomic mass is 9.74. The second-order valence-corrected chi connectivity index (χ2v) is 8.21. The third-order valence-corrected chi connectivity index (χ3v) is 5.99. The Morgan fingerprint density at radius 3 is 2.55 bits per heavy atom. The highest BCUT2D eigenvalue weighted by Gasteiger charge is 2.34. The van der Waals surface area contributed by atoms with Crippen LogP contribution in [0.4, 0.5) is 0 Å². The second kappa shape index (κ2) is 11.2. The number of ether oxygens (including phenoxy) is 2. The molecule has 1 aliphatic heterocycles. The van der Waals surface area contributed by atoms with Crippen LogP contribution in [-0.4, -0.2) is 55.7 Å². The molecule has 2 N–H and O–H groups in total. The third-order valence-electron chi connectivity index (χ3n) is 5.99. The number of aromatic nitrogens is 2. The Morgan fingerprint density at radius 2 is 1.94 bits per heavy atom. The molecule has 7 heteroatoms. The summed E-state index contributed by atoms with van der Waals surface area (Å²) in [4.78, 5) is 4.42. The highest BCUT2D eigenvalue weighted by Crippen LogP contribution is 2.35. The Bertz CT molecular complexity index is 838. The van der Waals surface area contributed by atoms with Crippen LogP contribution in [-0.2, 0) is 16.7 Å². The standard InChI is InChI=1S/C24H37N5O2/c1-5-31-22-9-7-21(8-10-22)24(11-15-30-16-12-24)18-27-23(25-4)26-13-6-14-29-20(3)17-19(2)28-29/h7-10,17H,5-6,11-16,18H2,1-4H3,(H2,25,26,27). The molecule has 0 unspecified atom stereocenters. The normalized spacial score (nSPS) is 16.2. The monoisotopic (exact) mass is 427 g/mol. The quantitative estimate of drug-likeness (QED) is 0.365. The van der Waals surface area contributed by atoms with Gasteiger partial charge in [-0.2, -0.15) is 5.10 Å². The molecule has 1 aromatic heterocycles. The summed E-state index contributed by atoms with van der Waals surface area (Å²) >= 11 is 0. The van der Waals surface area contributed by atoms with Crippen molar-refractivity contribution in [1.82, 2.24) is 20.4 Å². The molecule has 0 amide bonds. The van der Waals surface area contributed by atoms with Gasteiger partial charge in [0.05, 0.1) is 12.3 Å². The van der Waals surface area contributed by atoms with E-state index >= 15 is 0 Å². The number of nitrogens with one attached hydrogen (secondary N) is 2. The maximum atomic E-state index is 5.67. The highest BCUT2D eigenvalue weighted by molar-refractivity contribution is 5.79. The maximum absolute atomic E-state index is 5.67. The zero-order valence-corrected chi connectivity index (χ0v) is 19.4. The van der Waals surface area contributed by atoms with Gasteiger partial charge in [-0.05, 0) is 63.8 Å². The van der Waals surface area contributed by atoms with Crippen LogP contribution in [0.1, 0.15) is 43.1 Å². The first kappa shape index (κ1) is 23.1. The topological polar surface area (TPSA) is 72.7 Å². The number of nitrogens with zero attached hydrogens (tertiary/aromatic N) is 3. The Hall–Kier alpha value is -2.54. The summed E-state index contributed by atoms with van der Waals surface area (Å²) in [6, 6.07) is 10.7. The number of guanidine groups is 1. The molecule has 1 aliphatic rings. The van der Waals surface area contributed by atoms with Crippen LogP contribution in [0.15, 0.2) is 35.3 Å². The summed E-state index contributed by atoms with van der Waals surface area (Å²) in [6.07, 6.45) is 2.96. The molecule has 31 heavy (non-hydrogen) atoms. The lowest BCUT2D eigenvalue weighted by Crippen LogP contribution is -2.48. The van der Waals surface area contributed by atoms with Crippen LogP contribution in [0.3, 0.4) is 0 Å². The van der Waals surface area contributed by atoms with Crippen LogP contribution in [0.25, 0.3) is 0 Å². The van der Waals surface area contributed by atoms with Gasteiger partial charge in [0.15, 0.2) is 5.96 Å². The molecule has 7 nitrogen and oxygen atoms in total. The maximum Gasteiger partial charge on any atom is 0.191 e. The molecule has 0 aliphatic carbocycles. The van der Waals surface area contributed by atoms with Gasteiger partial charge in [0.2, 0.25) is 0 Å². The summed E-state index contributed by atoms with van der Waals surface area (Å²) in [5.41, 5.74) is 3.63. The van der Waals surface area contributed by atoms with Crippen molar-refractivity contribution in [2.45, 2.75) is 52.0 Å².